The number of unbranched alkanes of at least 4 members (excludes halogenated alkanes) is 4. The molecule has 1 aromatic heterocycles. The zero-order chi connectivity index (χ0) is 25.5. The molecule has 1 aliphatic carbocycles. The normalized spacial score (nSPS) is 23.8. The summed E-state index contributed by atoms with van der Waals surface area (Å²) < 4.78 is 0. The number of nitrogens with one attached hydrogen (secondary N) is 2. The molecule has 2 amide bonds. The van der Waals surface area contributed by atoms with Crippen molar-refractivity contribution in [3.63, 3.8) is 0 Å². The average molecular weight is 499 g/mol. The fourth-order valence-corrected chi connectivity index (χ4v) is 6.34. The van der Waals surface area contributed by atoms with E-state index in [1.807, 2.05) is 4.90 Å². The number of likely N-dealkylation sites (tertiary alicyclic amines) is 1. The molecule has 4 rings (SSSR count). The van der Waals surface area contributed by atoms with Crippen molar-refractivity contribution in [2.24, 2.45) is 17.8 Å². The fourth-order valence-electron chi connectivity index (χ4n) is 6.34. The van der Waals surface area contributed by atoms with Gasteiger partial charge in [-0.15, -0.1) is 0 Å². The Hall–Kier alpha value is -2.64. The summed E-state index contributed by atoms with van der Waals surface area (Å²) in [5.74, 6) is 0.115. The first kappa shape index (κ1) is 26.4. The molecule has 3 heterocycles. The third-order valence-corrected chi connectivity index (χ3v) is 8.32. The molecule has 3 N–H and O–H groups in total. The molecule has 4 atom stereocenters. The van der Waals surface area contributed by atoms with Crippen LogP contribution in [0.3, 0.4) is 0 Å². The lowest BCUT2D eigenvalue weighted by Crippen LogP contribution is -2.56. The smallest absolute Gasteiger partial charge is 0.326 e. The maximum absolute atomic E-state index is 13.1. The van der Waals surface area contributed by atoms with Crippen molar-refractivity contribution in [1.29, 1.82) is 0 Å². The Balaban J connectivity index is 1.16. The van der Waals surface area contributed by atoms with Gasteiger partial charge in [0.05, 0.1) is 0 Å². The van der Waals surface area contributed by atoms with Crippen LogP contribution in [0.25, 0.3) is 0 Å². The minimum absolute atomic E-state index is 0.0603. The van der Waals surface area contributed by atoms with Gasteiger partial charge in [0, 0.05) is 38.2 Å². The number of fused-ring (bicyclic) bond motifs is 3. The van der Waals surface area contributed by atoms with Gasteiger partial charge >= 0.3 is 5.97 Å². The van der Waals surface area contributed by atoms with E-state index in [1.165, 1.54) is 12.0 Å². The van der Waals surface area contributed by atoms with E-state index in [0.29, 0.717) is 19.5 Å². The molecule has 0 aromatic carbocycles. The number of hydrogen-bond donors (Lipinski definition) is 3. The maximum atomic E-state index is 13.1. The van der Waals surface area contributed by atoms with Crippen molar-refractivity contribution < 1.29 is 19.5 Å². The number of carboxylic acids is 1. The summed E-state index contributed by atoms with van der Waals surface area (Å²) >= 11 is 0. The highest BCUT2D eigenvalue weighted by Gasteiger charge is 2.44. The molecule has 1 saturated heterocycles. The highest BCUT2D eigenvalue weighted by atomic mass is 16.4. The summed E-state index contributed by atoms with van der Waals surface area (Å²) in [7, 11) is 0. The molecule has 0 spiro atoms. The van der Waals surface area contributed by atoms with Crippen LogP contribution in [0.2, 0.25) is 0 Å². The largest absolute Gasteiger partial charge is 0.480 e. The van der Waals surface area contributed by atoms with Crippen LogP contribution in [0.5, 0.6) is 0 Å². The van der Waals surface area contributed by atoms with Crippen molar-refractivity contribution in [3.05, 3.63) is 23.4 Å². The topological polar surface area (TPSA) is 112 Å². The Morgan fingerprint density at radius 3 is 2.53 bits per heavy atom. The summed E-state index contributed by atoms with van der Waals surface area (Å²) in [6, 6.07) is 3.50. The number of amides is 2. The predicted octanol–water partition coefficient (Wildman–Crippen LogP) is 3.79. The molecule has 1 saturated carbocycles. The van der Waals surface area contributed by atoms with Crippen LogP contribution in [0.15, 0.2) is 12.1 Å². The molecule has 8 nitrogen and oxygen atoms in total. The number of piperidine rings is 1. The van der Waals surface area contributed by atoms with E-state index in [2.05, 4.69) is 22.8 Å². The van der Waals surface area contributed by atoms with Gasteiger partial charge in [-0.25, -0.2) is 9.78 Å². The lowest BCUT2D eigenvalue weighted by molar-refractivity contribution is -0.147. The second-order valence-corrected chi connectivity index (χ2v) is 10.9. The first-order valence-electron chi connectivity index (χ1n) is 13.9. The van der Waals surface area contributed by atoms with Crippen molar-refractivity contribution >= 4 is 23.6 Å². The summed E-state index contributed by atoms with van der Waals surface area (Å²) in [6.07, 6.45) is 11.6. The number of anilines is 1. The lowest BCUT2D eigenvalue weighted by Gasteiger charge is -2.46. The van der Waals surface area contributed by atoms with Gasteiger partial charge in [-0.1, -0.05) is 38.2 Å². The van der Waals surface area contributed by atoms with Gasteiger partial charge in [-0.05, 0) is 68.4 Å². The second-order valence-electron chi connectivity index (χ2n) is 10.9. The quantitative estimate of drug-likeness (QED) is 0.400. The molecule has 2 aliphatic heterocycles. The molecule has 0 radical (unpaired) electrons. The molecule has 36 heavy (non-hydrogen) atoms. The molecule has 2 unspecified atom stereocenters. The number of aromatic nitrogens is 1. The summed E-state index contributed by atoms with van der Waals surface area (Å²) in [5.41, 5.74) is 2.45. The van der Waals surface area contributed by atoms with E-state index in [0.717, 1.165) is 82.3 Å². The van der Waals surface area contributed by atoms with Gasteiger partial charge in [-0.2, -0.15) is 0 Å². The highest BCUT2D eigenvalue weighted by Crippen LogP contribution is 2.40. The fraction of sp³-hybridized carbons (Fsp3) is 0.714. The molecule has 8 heteroatoms. The van der Waals surface area contributed by atoms with E-state index in [1.54, 1.807) is 6.92 Å². The van der Waals surface area contributed by atoms with Crippen LogP contribution in [0, 0.1) is 17.8 Å². The Morgan fingerprint density at radius 1 is 1.08 bits per heavy atom. The molecular formula is C28H42N4O4. The van der Waals surface area contributed by atoms with Crippen molar-refractivity contribution in [2.45, 2.75) is 90.0 Å². The highest BCUT2D eigenvalue weighted by molar-refractivity contribution is 5.85. The van der Waals surface area contributed by atoms with Crippen molar-refractivity contribution in [1.82, 2.24) is 15.2 Å². The van der Waals surface area contributed by atoms with Crippen LogP contribution in [-0.2, 0) is 27.2 Å². The van der Waals surface area contributed by atoms with Crippen molar-refractivity contribution in [3.8, 4) is 0 Å². The first-order chi connectivity index (χ1) is 17.4. The van der Waals surface area contributed by atoms with Gasteiger partial charge in [-0.3, -0.25) is 9.59 Å². The number of rotatable bonds is 11. The molecule has 3 aliphatic rings. The van der Waals surface area contributed by atoms with Gasteiger partial charge in [0.15, 0.2) is 0 Å². The number of nitrogens with zero attached hydrogens (tertiary/aromatic N) is 2. The van der Waals surface area contributed by atoms with Crippen LogP contribution in [-0.4, -0.2) is 58.5 Å². The monoisotopic (exact) mass is 498 g/mol. The Labute approximate surface area is 214 Å². The average Bonchev–Trinajstić information content (AvgIpc) is 2.86. The van der Waals surface area contributed by atoms with E-state index < -0.39 is 12.0 Å². The number of carbonyl (C=O) groups excluding carboxylic acids is 2. The van der Waals surface area contributed by atoms with Gasteiger partial charge in [0.2, 0.25) is 11.8 Å². The van der Waals surface area contributed by atoms with E-state index in [-0.39, 0.29) is 29.6 Å². The summed E-state index contributed by atoms with van der Waals surface area (Å²) in [5, 5.41) is 15.9. The third kappa shape index (κ3) is 6.77. The summed E-state index contributed by atoms with van der Waals surface area (Å²) in [6.45, 7) is 3.80. The minimum Gasteiger partial charge on any atom is -0.480 e. The van der Waals surface area contributed by atoms with Crippen LogP contribution >= 0.6 is 0 Å². The Bertz CT molecular complexity index is 922. The van der Waals surface area contributed by atoms with Crippen LogP contribution in [0.4, 0.5) is 5.82 Å². The predicted molar refractivity (Wildman–Crippen MR) is 139 cm³/mol. The minimum atomic E-state index is -0.957. The van der Waals surface area contributed by atoms with E-state index >= 15 is 0 Å². The third-order valence-electron chi connectivity index (χ3n) is 8.32. The SMILES string of the molecule is CC(=O)N1C[C@H]2CCC[C@@H](C1)C2C(=O)NC(CCCCCCCc1ccc2c(n1)NCCC2)C(=O)O. The molecular weight excluding hydrogens is 456 g/mol. The lowest BCUT2D eigenvalue weighted by atomic mass is 9.68. The zero-order valence-corrected chi connectivity index (χ0v) is 21.6. The second kappa shape index (κ2) is 12.5. The number of hydrogen-bond acceptors (Lipinski definition) is 5. The molecule has 198 valence electrons. The standard InChI is InChI=1S/C28H42N4O4/c1-19(33)32-17-21-9-7-10-22(18-32)25(21)27(34)31-24(28(35)36)13-6-4-2-3-5-12-23-15-14-20-11-8-16-29-26(20)30-23/h14-15,21-22,24-25H,2-13,16-18H2,1H3,(H,29,30)(H,31,34)(H,35,36)/t21-,22+,24?,25?. The zero-order valence-electron chi connectivity index (χ0n) is 21.6. The van der Waals surface area contributed by atoms with E-state index in [4.69, 9.17) is 4.98 Å². The van der Waals surface area contributed by atoms with Gasteiger partial charge in [0.1, 0.15) is 11.9 Å². The Kier molecular flexibility index (Phi) is 9.21. The molecule has 2 bridgehead atoms. The molecule has 1 aromatic rings. The van der Waals surface area contributed by atoms with E-state index in [9.17, 15) is 19.5 Å². The number of aryl methyl sites for hydroxylation is 2. The number of carboxylic acid groups (broad SMARTS) is 1. The molecule has 2 fully saturated rings. The number of aliphatic carboxylic acids is 1. The summed E-state index contributed by atoms with van der Waals surface area (Å²) in [4.78, 5) is 43.4. The number of pyridine rings is 1. The maximum Gasteiger partial charge on any atom is 0.326 e. The van der Waals surface area contributed by atoms with Crippen LogP contribution < -0.4 is 10.6 Å². The number of carbonyl (C=O) groups is 3. The first-order valence-corrected chi connectivity index (χ1v) is 13.9. The van der Waals surface area contributed by atoms with Crippen molar-refractivity contribution in [2.75, 3.05) is 25.0 Å². The Morgan fingerprint density at radius 2 is 1.81 bits per heavy atom. The van der Waals surface area contributed by atoms with Gasteiger partial charge < -0.3 is 20.6 Å². The van der Waals surface area contributed by atoms with Crippen LogP contribution in [0.1, 0.15) is 82.4 Å². The van der Waals surface area contributed by atoms with Gasteiger partial charge in [0.25, 0.3) is 0 Å².